The summed E-state index contributed by atoms with van der Waals surface area (Å²) in [6.45, 7) is 2.35. The summed E-state index contributed by atoms with van der Waals surface area (Å²) in [6, 6.07) is 8.80. The molecule has 0 amide bonds. The third-order valence-corrected chi connectivity index (χ3v) is 5.00. The van der Waals surface area contributed by atoms with Gasteiger partial charge in [-0.15, -0.1) is 0 Å². The number of nitrogens with two attached hydrogens (primary N) is 1. The second-order valence-corrected chi connectivity index (χ2v) is 6.11. The van der Waals surface area contributed by atoms with E-state index in [1.807, 2.05) is 12.1 Å². The largest absolute Gasteiger partial charge is 0.369 e. The lowest BCUT2D eigenvalue weighted by atomic mass is 9.98. The van der Waals surface area contributed by atoms with Crippen molar-refractivity contribution < 1.29 is 0 Å². The van der Waals surface area contributed by atoms with Crippen molar-refractivity contribution in [2.45, 2.75) is 37.8 Å². The zero-order chi connectivity index (χ0) is 14.4. The van der Waals surface area contributed by atoms with E-state index in [4.69, 9.17) is 11.0 Å². The number of rotatable bonds is 1. The quantitative estimate of drug-likeness (QED) is 0.870. The van der Waals surface area contributed by atoms with E-state index >= 15 is 0 Å². The van der Waals surface area contributed by atoms with Gasteiger partial charge in [0.1, 0.15) is 0 Å². The monoisotopic (exact) mass is 281 g/mol. The molecule has 0 bridgehead atoms. The van der Waals surface area contributed by atoms with E-state index in [1.165, 1.54) is 25.8 Å². The van der Waals surface area contributed by atoms with Crippen molar-refractivity contribution in [1.29, 1.82) is 5.26 Å². The van der Waals surface area contributed by atoms with Gasteiger partial charge in [-0.1, -0.05) is 6.42 Å². The average Bonchev–Trinajstić information content (AvgIpc) is 3.06. The van der Waals surface area contributed by atoms with Gasteiger partial charge >= 0.3 is 0 Å². The highest BCUT2D eigenvalue weighted by molar-refractivity contribution is 5.80. The van der Waals surface area contributed by atoms with Crippen LogP contribution in [0.1, 0.15) is 37.3 Å². The summed E-state index contributed by atoms with van der Waals surface area (Å²) in [4.78, 5) is 7.07. The number of anilines is 1. The molecule has 2 aliphatic rings. The molecule has 2 unspecified atom stereocenters. The minimum Gasteiger partial charge on any atom is -0.369 e. The summed E-state index contributed by atoms with van der Waals surface area (Å²) in [5.41, 5.74) is 8.76. The number of imidazole rings is 1. The molecule has 1 aromatic carbocycles. The Balaban J connectivity index is 1.82. The van der Waals surface area contributed by atoms with Crippen molar-refractivity contribution in [3.8, 4) is 6.07 Å². The molecule has 5 nitrogen and oxygen atoms in total. The maximum atomic E-state index is 9.13. The molecule has 0 radical (unpaired) electrons. The highest BCUT2D eigenvalue weighted by Gasteiger charge is 2.37. The van der Waals surface area contributed by atoms with Crippen LogP contribution in [0.4, 0.5) is 5.95 Å². The lowest BCUT2D eigenvalue weighted by Crippen LogP contribution is -2.37. The van der Waals surface area contributed by atoms with Gasteiger partial charge in [0.2, 0.25) is 5.95 Å². The van der Waals surface area contributed by atoms with Gasteiger partial charge in [-0.05, 0) is 44.0 Å². The Hall–Kier alpha value is -2.06. The SMILES string of the molecule is N#Cc1ccc2nc(N)n(C3CCN4CCCCC34)c2c1. The van der Waals surface area contributed by atoms with Gasteiger partial charge in [0, 0.05) is 12.6 Å². The average molecular weight is 281 g/mol. The van der Waals surface area contributed by atoms with E-state index < -0.39 is 0 Å². The minimum atomic E-state index is 0.393. The van der Waals surface area contributed by atoms with E-state index in [1.54, 1.807) is 6.07 Å². The molecular formula is C16H19N5. The van der Waals surface area contributed by atoms with Crippen LogP contribution in [0.2, 0.25) is 0 Å². The summed E-state index contributed by atoms with van der Waals surface area (Å²) in [7, 11) is 0. The fraction of sp³-hybridized carbons (Fsp3) is 0.500. The molecule has 5 heteroatoms. The number of piperidine rings is 1. The highest BCUT2D eigenvalue weighted by atomic mass is 15.3. The van der Waals surface area contributed by atoms with Crippen molar-refractivity contribution in [2.24, 2.45) is 0 Å². The topological polar surface area (TPSA) is 70.9 Å². The minimum absolute atomic E-state index is 0.393. The Morgan fingerprint density at radius 1 is 1.19 bits per heavy atom. The number of nitrogens with zero attached hydrogens (tertiary/aromatic N) is 4. The molecule has 0 aliphatic carbocycles. The predicted molar refractivity (Wildman–Crippen MR) is 81.7 cm³/mol. The van der Waals surface area contributed by atoms with Crippen LogP contribution in [-0.2, 0) is 0 Å². The van der Waals surface area contributed by atoms with E-state index in [0.717, 1.165) is 24.0 Å². The number of nitrogen functional groups attached to an aromatic ring is 1. The highest BCUT2D eigenvalue weighted by Crippen LogP contribution is 2.38. The van der Waals surface area contributed by atoms with Gasteiger partial charge in [0.25, 0.3) is 0 Å². The van der Waals surface area contributed by atoms with Gasteiger partial charge in [-0.25, -0.2) is 4.98 Å². The first-order valence-corrected chi connectivity index (χ1v) is 7.69. The van der Waals surface area contributed by atoms with Gasteiger partial charge in [0.15, 0.2) is 0 Å². The molecular weight excluding hydrogens is 262 g/mol. The van der Waals surface area contributed by atoms with E-state index in [0.29, 0.717) is 23.6 Å². The first-order chi connectivity index (χ1) is 10.3. The summed E-state index contributed by atoms with van der Waals surface area (Å²) in [5, 5.41) is 9.13. The Kier molecular flexibility index (Phi) is 2.86. The molecule has 108 valence electrons. The first kappa shape index (κ1) is 12.7. The summed E-state index contributed by atoms with van der Waals surface area (Å²) in [5.74, 6) is 0.581. The molecule has 21 heavy (non-hydrogen) atoms. The Labute approximate surface area is 124 Å². The summed E-state index contributed by atoms with van der Waals surface area (Å²) >= 11 is 0. The molecule has 2 saturated heterocycles. The second-order valence-electron chi connectivity index (χ2n) is 6.11. The third-order valence-electron chi connectivity index (χ3n) is 5.00. The standard InChI is InChI=1S/C16H19N5/c17-10-11-4-5-12-15(9-11)21(16(18)19-12)14-6-8-20-7-2-1-3-13(14)20/h4-5,9,13-14H,1-3,6-8H2,(H2,18,19). The lowest BCUT2D eigenvalue weighted by Gasteiger charge is -2.33. The van der Waals surface area contributed by atoms with Gasteiger partial charge in [0.05, 0.1) is 28.7 Å². The molecule has 0 saturated carbocycles. The van der Waals surface area contributed by atoms with E-state index in [-0.39, 0.29) is 0 Å². The van der Waals surface area contributed by atoms with Crippen LogP contribution in [0, 0.1) is 11.3 Å². The molecule has 0 spiro atoms. The molecule has 2 atom stereocenters. The number of nitriles is 1. The Bertz CT molecular complexity index is 726. The molecule has 3 heterocycles. The molecule has 2 aromatic rings. The van der Waals surface area contributed by atoms with Crippen LogP contribution in [-0.4, -0.2) is 33.6 Å². The maximum Gasteiger partial charge on any atom is 0.201 e. The van der Waals surface area contributed by atoms with Crippen molar-refractivity contribution in [2.75, 3.05) is 18.8 Å². The number of hydrogen-bond donors (Lipinski definition) is 1. The number of benzene rings is 1. The van der Waals surface area contributed by atoms with Crippen LogP contribution in [0.5, 0.6) is 0 Å². The molecule has 1 aromatic heterocycles. The Morgan fingerprint density at radius 3 is 2.95 bits per heavy atom. The molecule has 4 rings (SSSR count). The van der Waals surface area contributed by atoms with E-state index in [2.05, 4.69) is 20.5 Å². The fourth-order valence-electron chi connectivity index (χ4n) is 4.05. The number of hydrogen-bond acceptors (Lipinski definition) is 4. The zero-order valence-corrected chi connectivity index (χ0v) is 12.0. The number of fused-ring (bicyclic) bond motifs is 2. The molecule has 2 N–H and O–H groups in total. The fourth-order valence-corrected chi connectivity index (χ4v) is 4.05. The predicted octanol–water partition coefficient (Wildman–Crippen LogP) is 2.29. The smallest absolute Gasteiger partial charge is 0.201 e. The van der Waals surface area contributed by atoms with Gasteiger partial charge in [-0.2, -0.15) is 5.26 Å². The van der Waals surface area contributed by atoms with Crippen LogP contribution in [0.25, 0.3) is 11.0 Å². The van der Waals surface area contributed by atoms with Crippen LogP contribution in [0.3, 0.4) is 0 Å². The van der Waals surface area contributed by atoms with Gasteiger partial charge < -0.3 is 10.3 Å². The molecule has 2 aliphatic heterocycles. The normalized spacial score (nSPS) is 25.9. The molecule has 2 fully saturated rings. The van der Waals surface area contributed by atoms with Crippen LogP contribution in [0.15, 0.2) is 18.2 Å². The second kappa shape index (κ2) is 4.74. The van der Waals surface area contributed by atoms with E-state index in [9.17, 15) is 0 Å². The lowest BCUT2D eigenvalue weighted by molar-refractivity contribution is 0.175. The van der Waals surface area contributed by atoms with Crippen molar-refractivity contribution >= 4 is 17.0 Å². The van der Waals surface area contributed by atoms with Crippen LogP contribution < -0.4 is 5.73 Å². The first-order valence-electron chi connectivity index (χ1n) is 7.69. The third kappa shape index (κ3) is 1.90. The zero-order valence-electron chi connectivity index (χ0n) is 12.0. The summed E-state index contributed by atoms with van der Waals surface area (Å²) in [6.07, 6.45) is 4.97. The van der Waals surface area contributed by atoms with Gasteiger partial charge in [-0.3, -0.25) is 4.90 Å². The van der Waals surface area contributed by atoms with Crippen LogP contribution >= 0.6 is 0 Å². The Morgan fingerprint density at radius 2 is 2.10 bits per heavy atom. The van der Waals surface area contributed by atoms with Crippen molar-refractivity contribution in [1.82, 2.24) is 14.5 Å². The number of aromatic nitrogens is 2. The van der Waals surface area contributed by atoms with Crippen molar-refractivity contribution in [3.63, 3.8) is 0 Å². The van der Waals surface area contributed by atoms with Crippen molar-refractivity contribution in [3.05, 3.63) is 23.8 Å². The maximum absolute atomic E-state index is 9.13. The summed E-state index contributed by atoms with van der Waals surface area (Å²) < 4.78 is 2.17.